The summed E-state index contributed by atoms with van der Waals surface area (Å²) < 4.78 is 21.2. The van der Waals surface area contributed by atoms with Crippen LogP contribution in [0.15, 0.2) is 24.3 Å². The molecule has 1 aliphatic heterocycles. The van der Waals surface area contributed by atoms with Crippen molar-refractivity contribution in [3.63, 3.8) is 0 Å². The van der Waals surface area contributed by atoms with Crippen LogP contribution in [0.3, 0.4) is 0 Å². The first-order valence-corrected chi connectivity index (χ1v) is 8.43. The molecule has 4 nitrogen and oxygen atoms in total. The van der Waals surface area contributed by atoms with E-state index in [1.165, 1.54) is 0 Å². The fourth-order valence-corrected chi connectivity index (χ4v) is 4.75. The lowest BCUT2D eigenvalue weighted by atomic mass is 10.0. The highest BCUT2D eigenvalue weighted by atomic mass is 32.3. The van der Waals surface area contributed by atoms with Crippen LogP contribution in [0.2, 0.25) is 0 Å². The molecule has 1 aromatic carbocycles. The summed E-state index contributed by atoms with van der Waals surface area (Å²) in [6, 6.07) is 7.87. The highest BCUT2D eigenvalue weighted by Gasteiger charge is 2.47. The van der Waals surface area contributed by atoms with Gasteiger partial charge in [0.05, 0.1) is 5.54 Å². The van der Waals surface area contributed by atoms with Gasteiger partial charge in [0.15, 0.2) is 10.9 Å². The van der Waals surface area contributed by atoms with E-state index >= 15 is 0 Å². The Kier molecular flexibility index (Phi) is 3.94. The van der Waals surface area contributed by atoms with Crippen molar-refractivity contribution in [2.75, 3.05) is 16.8 Å². The number of aryl methyl sites for hydroxylation is 1. The third kappa shape index (κ3) is 3.75. The average Bonchev–Trinajstić information content (AvgIpc) is 2.56. The van der Waals surface area contributed by atoms with E-state index < -0.39 is 15.8 Å². The summed E-state index contributed by atoms with van der Waals surface area (Å²) in [4.78, 5) is 0. The Hall–Kier alpha value is -0.980. The zero-order valence-electron chi connectivity index (χ0n) is 11.1. The molecule has 0 aliphatic carbocycles. The molecule has 1 aromatic rings. The number of nitrogens with one attached hydrogen (secondary N) is 2. The minimum absolute atomic E-state index is 0.246. The SMILES string of the molecule is Cc1ccccc1NC(=S)N[C@]1(C)CC[S+](=O)(O)C1. The lowest BCUT2D eigenvalue weighted by Crippen LogP contribution is -2.49. The summed E-state index contributed by atoms with van der Waals surface area (Å²) >= 11 is 5.28. The van der Waals surface area contributed by atoms with E-state index in [4.69, 9.17) is 12.2 Å². The van der Waals surface area contributed by atoms with Gasteiger partial charge in [0.1, 0.15) is 5.75 Å². The maximum Gasteiger partial charge on any atom is 0.216 e. The molecule has 0 saturated carbocycles. The molecule has 0 aromatic heterocycles. The highest BCUT2D eigenvalue weighted by Crippen LogP contribution is 2.26. The maximum absolute atomic E-state index is 11.6. The summed E-state index contributed by atoms with van der Waals surface area (Å²) in [5.41, 5.74) is 1.65. The third-order valence-electron chi connectivity index (χ3n) is 3.33. The van der Waals surface area contributed by atoms with Crippen LogP contribution in [-0.4, -0.2) is 26.7 Å². The van der Waals surface area contributed by atoms with Crippen LogP contribution in [0.5, 0.6) is 0 Å². The molecule has 2 rings (SSSR count). The molecular formula is C13H19N2O2S2+. The van der Waals surface area contributed by atoms with Gasteiger partial charge in [-0.15, -0.1) is 0 Å². The van der Waals surface area contributed by atoms with Crippen LogP contribution in [0.25, 0.3) is 0 Å². The maximum atomic E-state index is 11.6. The van der Waals surface area contributed by atoms with E-state index in [2.05, 4.69) is 10.6 Å². The van der Waals surface area contributed by atoms with E-state index in [-0.39, 0.29) is 5.75 Å². The van der Waals surface area contributed by atoms with E-state index in [0.29, 0.717) is 17.3 Å². The second-order valence-corrected chi connectivity index (χ2v) is 7.98. The van der Waals surface area contributed by atoms with Crippen molar-refractivity contribution in [3.05, 3.63) is 29.8 Å². The Morgan fingerprint density at radius 3 is 2.74 bits per heavy atom. The number of hydrogen-bond donors (Lipinski definition) is 3. The number of benzene rings is 1. The van der Waals surface area contributed by atoms with Crippen molar-refractivity contribution >= 4 is 33.2 Å². The Morgan fingerprint density at radius 2 is 2.16 bits per heavy atom. The average molecular weight is 299 g/mol. The molecule has 104 valence electrons. The van der Waals surface area contributed by atoms with Crippen molar-refractivity contribution in [1.29, 1.82) is 0 Å². The molecule has 19 heavy (non-hydrogen) atoms. The van der Waals surface area contributed by atoms with Crippen molar-refractivity contribution in [1.82, 2.24) is 5.32 Å². The van der Waals surface area contributed by atoms with E-state index in [0.717, 1.165) is 11.3 Å². The van der Waals surface area contributed by atoms with Gasteiger partial charge in [0.25, 0.3) is 0 Å². The number of hydrogen-bond acceptors (Lipinski definition) is 2. The lowest BCUT2D eigenvalue weighted by Gasteiger charge is -2.24. The van der Waals surface area contributed by atoms with Crippen molar-refractivity contribution in [2.45, 2.75) is 25.8 Å². The zero-order valence-corrected chi connectivity index (χ0v) is 12.7. The highest BCUT2D eigenvalue weighted by molar-refractivity contribution is 7.98. The molecule has 1 unspecified atom stereocenters. The predicted octanol–water partition coefficient (Wildman–Crippen LogP) is 2.42. The molecule has 6 heteroatoms. The Morgan fingerprint density at radius 1 is 1.47 bits per heavy atom. The van der Waals surface area contributed by atoms with Crippen LogP contribution in [0, 0.1) is 6.92 Å². The first-order valence-electron chi connectivity index (χ1n) is 6.17. The van der Waals surface area contributed by atoms with Gasteiger partial charge in [0.2, 0.25) is 10.2 Å². The van der Waals surface area contributed by atoms with E-state index in [9.17, 15) is 8.76 Å². The van der Waals surface area contributed by atoms with Gasteiger partial charge in [-0.1, -0.05) is 22.4 Å². The second kappa shape index (κ2) is 5.19. The second-order valence-electron chi connectivity index (χ2n) is 5.33. The molecule has 1 aliphatic rings. The summed E-state index contributed by atoms with van der Waals surface area (Å²) in [6.45, 7) is 3.93. The smallest absolute Gasteiger partial charge is 0.216 e. The Bertz CT molecular complexity index is 547. The molecule has 0 radical (unpaired) electrons. The zero-order chi connectivity index (χ0) is 14.1. The quantitative estimate of drug-likeness (QED) is 0.578. The topological polar surface area (TPSA) is 61.4 Å². The van der Waals surface area contributed by atoms with Crippen molar-refractivity contribution < 1.29 is 8.76 Å². The van der Waals surface area contributed by atoms with E-state index in [1.54, 1.807) is 0 Å². The molecule has 2 atom stereocenters. The number of rotatable bonds is 2. The largest absolute Gasteiger partial charge is 0.352 e. The molecule has 1 heterocycles. The number of anilines is 1. The van der Waals surface area contributed by atoms with Gasteiger partial charge >= 0.3 is 0 Å². The molecule has 3 N–H and O–H groups in total. The molecule has 0 spiro atoms. The normalized spacial score (nSPS) is 30.1. The van der Waals surface area contributed by atoms with E-state index in [1.807, 2.05) is 38.1 Å². The summed E-state index contributed by atoms with van der Waals surface area (Å²) in [5, 5.41) is 6.80. The molecule has 0 amide bonds. The van der Waals surface area contributed by atoms with Gasteiger partial charge in [0, 0.05) is 12.1 Å². The Labute approximate surface area is 120 Å². The standard InChI is InChI=1S/C13H18N2O2S2/c1-10-5-3-4-6-11(10)14-12(18)15-13(2)7-8-19(16,17)9-13/h3-6H,7-9H2,1-2H3,(H2-,14,15,16,17,18)/p+1/t13-/m1/s1. The first kappa shape index (κ1) is 14.4. The minimum atomic E-state index is -2.68. The van der Waals surface area contributed by atoms with Crippen molar-refractivity contribution in [3.8, 4) is 0 Å². The lowest BCUT2D eigenvalue weighted by molar-refractivity contribution is 0.466. The molecule has 0 bridgehead atoms. The minimum Gasteiger partial charge on any atom is -0.352 e. The molecule has 1 fully saturated rings. The monoisotopic (exact) mass is 299 g/mol. The van der Waals surface area contributed by atoms with Gasteiger partial charge in [-0.2, -0.15) is 4.55 Å². The first-order chi connectivity index (χ1) is 8.80. The van der Waals surface area contributed by atoms with Crippen LogP contribution in [0.1, 0.15) is 18.9 Å². The van der Waals surface area contributed by atoms with Crippen LogP contribution in [0.4, 0.5) is 5.69 Å². The fourth-order valence-electron chi connectivity index (χ4n) is 2.27. The molecular weight excluding hydrogens is 280 g/mol. The summed E-state index contributed by atoms with van der Waals surface area (Å²) in [6.07, 6.45) is 0.651. The van der Waals surface area contributed by atoms with Crippen molar-refractivity contribution in [2.24, 2.45) is 0 Å². The number of thiocarbonyl (C=S) groups is 1. The summed E-state index contributed by atoms with van der Waals surface area (Å²) in [5.74, 6) is 0.582. The number of para-hydroxylation sites is 1. The Balaban J connectivity index is 1.99. The predicted molar refractivity (Wildman–Crippen MR) is 84.0 cm³/mol. The van der Waals surface area contributed by atoms with Gasteiger partial charge in [-0.25, -0.2) is 0 Å². The third-order valence-corrected chi connectivity index (χ3v) is 5.46. The van der Waals surface area contributed by atoms with Gasteiger partial charge in [-0.3, -0.25) is 0 Å². The van der Waals surface area contributed by atoms with Gasteiger partial charge < -0.3 is 10.6 Å². The summed E-state index contributed by atoms with van der Waals surface area (Å²) in [7, 11) is -2.68. The van der Waals surface area contributed by atoms with Crippen LogP contribution < -0.4 is 10.6 Å². The van der Waals surface area contributed by atoms with Crippen LogP contribution >= 0.6 is 12.2 Å². The van der Waals surface area contributed by atoms with Gasteiger partial charge in [-0.05, 0) is 37.7 Å². The molecule has 1 saturated heterocycles. The van der Waals surface area contributed by atoms with Crippen LogP contribution in [-0.2, 0) is 14.4 Å². The fraction of sp³-hybridized carbons (Fsp3) is 0.462.